The van der Waals surface area contributed by atoms with Crippen molar-refractivity contribution in [3.8, 4) is 5.75 Å². The van der Waals surface area contributed by atoms with Crippen molar-refractivity contribution in [2.45, 2.75) is 0 Å². The number of amides is 2. The molecule has 1 aliphatic heterocycles. The second kappa shape index (κ2) is 4.82. The summed E-state index contributed by atoms with van der Waals surface area (Å²) in [6, 6.07) is 3.14. The standard InChI is InChI=1S/C12H10N4O3S/c13-6-1-9-8(15-11(17)4-19-9)2-7(6)16-12(18)10-3-14-5-20-10/h1-3,5H,4,13H2,(H,15,17)(H,16,18). The van der Waals surface area contributed by atoms with E-state index in [1.54, 1.807) is 17.6 Å². The van der Waals surface area contributed by atoms with Gasteiger partial charge in [-0.25, -0.2) is 0 Å². The molecule has 1 aromatic heterocycles. The molecule has 0 spiro atoms. The van der Waals surface area contributed by atoms with Crippen LogP contribution in [0.4, 0.5) is 17.1 Å². The van der Waals surface area contributed by atoms with Crippen LogP contribution in [0.2, 0.25) is 0 Å². The van der Waals surface area contributed by atoms with E-state index in [-0.39, 0.29) is 18.4 Å². The number of nitrogens with zero attached hydrogens (tertiary/aromatic N) is 1. The Morgan fingerprint density at radius 3 is 3.10 bits per heavy atom. The first-order valence-corrected chi connectivity index (χ1v) is 6.57. The fraction of sp³-hybridized carbons (Fsp3) is 0.0833. The van der Waals surface area contributed by atoms with E-state index in [0.717, 1.165) is 0 Å². The van der Waals surface area contributed by atoms with Gasteiger partial charge in [-0.1, -0.05) is 0 Å². The van der Waals surface area contributed by atoms with Crippen molar-refractivity contribution in [3.05, 3.63) is 28.7 Å². The van der Waals surface area contributed by atoms with E-state index in [1.807, 2.05) is 0 Å². The maximum absolute atomic E-state index is 11.9. The summed E-state index contributed by atoms with van der Waals surface area (Å²) in [6.07, 6.45) is 1.47. The number of benzene rings is 1. The van der Waals surface area contributed by atoms with Crippen LogP contribution in [0.3, 0.4) is 0 Å². The Morgan fingerprint density at radius 2 is 2.35 bits per heavy atom. The van der Waals surface area contributed by atoms with Crippen molar-refractivity contribution in [3.63, 3.8) is 0 Å². The summed E-state index contributed by atoms with van der Waals surface area (Å²) in [5.41, 5.74) is 8.68. The van der Waals surface area contributed by atoms with E-state index >= 15 is 0 Å². The highest BCUT2D eigenvalue weighted by Crippen LogP contribution is 2.35. The number of rotatable bonds is 2. The molecular formula is C12H10N4O3S. The molecule has 0 saturated heterocycles. The van der Waals surface area contributed by atoms with Gasteiger partial charge in [0.1, 0.15) is 10.6 Å². The monoisotopic (exact) mass is 290 g/mol. The lowest BCUT2D eigenvalue weighted by Crippen LogP contribution is -2.25. The van der Waals surface area contributed by atoms with Crippen molar-refractivity contribution < 1.29 is 14.3 Å². The largest absolute Gasteiger partial charge is 0.482 e. The molecule has 3 rings (SSSR count). The Labute approximate surface area is 117 Å². The van der Waals surface area contributed by atoms with Crippen LogP contribution in [-0.4, -0.2) is 23.4 Å². The number of nitrogens with two attached hydrogens (primary N) is 1. The van der Waals surface area contributed by atoms with Crippen LogP contribution in [0, 0.1) is 0 Å². The number of ether oxygens (including phenoxy) is 1. The summed E-state index contributed by atoms with van der Waals surface area (Å²) in [6.45, 7) is -0.0426. The van der Waals surface area contributed by atoms with Gasteiger partial charge in [0.25, 0.3) is 11.8 Å². The van der Waals surface area contributed by atoms with Crippen LogP contribution >= 0.6 is 11.3 Å². The number of thiazole rings is 1. The second-order valence-electron chi connectivity index (χ2n) is 4.09. The SMILES string of the molecule is Nc1cc2c(cc1NC(=O)c1cncs1)NC(=O)CO2. The normalized spacial score (nSPS) is 13.1. The second-order valence-corrected chi connectivity index (χ2v) is 4.98. The summed E-state index contributed by atoms with van der Waals surface area (Å²) < 4.78 is 5.24. The number of aromatic nitrogens is 1. The number of nitrogen functional groups attached to an aromatic ring is 1. The number of nitrogens with one attached hydrogen (secondary N) is 2. The van der Waals surface area contributed by atoms with Crippen LogP contribution < -0.4 is 21.1 Å². The highest BCUT2D eigenvalue weighted by atomic mass is 32.1. The number of fused-ring (bicyclic) bond motifs is 1. The topological polar surface area (TPSA) is 106 Å². The molecule has 0 radical (unpaired) electrons. The molecule has 8 heteroatoms. The molecule has 7 nitrogen and oxygen atoms in total. The third-order valence-corrected chi connectivity index (χ3v) is 3.46. The summed E-state index contributed by atoms with van der Waals surface area (Å²) in [7, 11) is 0. The molecule has 0 bridgehead atoms. The molecule has 1 aromatic carbocycles. The van der Waals surface area contributed by atoms with Gasteiger partial charge in [-0.3, -0.25) is 14.6 Å². The van der Waals surface area contributed by atoms with Crippen molar-refractivity contribution in [1.82, 2.24) is 4.98 Å². The number of carbonyl (C=O) groups is 2. The third kappa shape index (κ3) is 2.28. The molecule has 2 aromatic rings. The number of hydrogen-bond donors (Lipinski definition) is 3. The van der Waals surface area contributed by atoms with Gasteiger partial charge in [-0.05, 0) is 6.07 Å². The van der Waals surface area contributed by atoms with Gasteiger partial charge in [-0.15, -0.1) is 11.3 Å². The van der Waals surface area contributed by atoms with Crippen LogP contribution in [0.1, 0.15) is 9.67 Å². The zero-order valence-electron chi connectivity index (χ0n) is 10.2. The summed E-state index contributed by atoms with van der Waals surface area (Å²) in [4.78, 5) is 27.5. The lowest BCUT2D eigenvalue weighted by atomic mass is 10.2. The molecule has 0 fully saturated rings. The molecule has 102 valence electrons. The Kier molecular flexibility index (Phi) is 2.99. The van der Waals surface area contributed by atoms with Gasteiger partial charge < -0.3 is 21.1 Å². The summed E-state index contributed by atoms with van der Waals surface area (Å²) in [5.74, 6) is -0.0675. The van der Waals surface area contributed by atoms with Gasteiger partial charge in [0.15, 0.2) is 6.61 Å². The van der Waals surface area contributed by atoms with Gasteiger partial charge in [0.2, 0.25) is 0 Å². The van der Waals surface area contributed by atoms with Gasteiger partial charge in [0.05, 0.1) is 28.8 Å². The lowest BCUT2D eigenvalue weighted by molar-refractivity contribution is -0.118. The lowest BCUT2D eigenvalue weighted by Gasteiger charge is -2.20. The van der Waals surface area contributed by atoms with Crippen LogP contribution in [0.15, 0.2) is 23.8 Å². The number of carbonyl (C=O) groups excluding carboxylic acids is 2. The Morgan fingerprint density at radius 1 is 1.50 bits per heavy atom. The Balaban J connectivity index is 1.88. The van der Waals surface area contributed by atoms with Gasteiger partial charge in [-0.2, -0.15) is 0 Å². The van der Waals surface area contributed by atoms with Crippen LogP contribution in [0.5, 0.6) is 5.75 Å². The van der Waals surface area contributed by atoms with Crippen molar-refractivity contribution in [2.24, 2.45) is 0 Å². The zero-order valence-corrected chi connectivity index (χ0v) is 11.0. The minimum absolute atomic E-state index is 0.0426. The molecule has 2 heterocycles. The smallest absolute Gasteiger partial charge is 0.267 e. The molecule has 0 saturated carbocycles. The maximum atomic E-state index is 11.9. The molecule has 2 amide bonds. The first kappa shape index (κ1) is 12.4. The highest BCUT2D eigenvalue weighted by Gasteiger charge is 2.19. The van der Waals surface area contributed by atoms with E-state index in [0.29, 0.717) is 27.7 Å². The first-order chi connectivity index (χ1) is 9.63. The average Bonchev–Trinajstić information content (AvgIpc) is 2.94. The quantitative estimate of drug-likeness (QED) is 0.723. The van der Waals surface area contributed by atoms with Gasteiger partial charge >= 0.3 is 0 Å². The number of anilines is 3. The third-order valence-electron chi connectivity index (χ3n) is 2.69. The molecule has 0 unspecified atom stereocenters. The van der Waals surface area contributed by atoms with Crippen molar-refractivity contribution >= 4 is 40.2 Å². The molecular weight excluding hydrogens is 280 g/mol. The van der Waals surface area contributed by atoms with E-state index in [1.165, 1.54) is 17.5 Å². The number of hydrogen-bond acceptors (Lipinski definition) is 6. The van der Waals surface area contributed by atoms with Crippen molar-refractivity contribution in [1.29, 1.82) is 0 Å². The Hall–Kier alpha value is -2.61. The Bertz CT molecular complexity index is 684. The van der Waals surface area contributed by atoms with Crippen LogP contribution in [0.25, 0.3) is 0 Å². The zero-order chi connectivity index (χ0) is 14.1. The fourth-order valence-corrected chi connectivity index (χ4v) is 2.28. The predicted molar refractivity (Wildman–Crippen MR) is 75.0 cm³/mol. The minimum atomic E-state index is -0.304. The molecule has 4 N–H and O–H groups in total. The highest BCUT2D eigenvalue weighted by molar-refractivity contribution is 7.11. The van der Waals surface area contributed by atoms with E-state index in [9.17, 15) is 9.59 Å². The minimum Gasteiger partial charge on any atom is -0.482 e. The van der Waals surface area contributed by atoms with E-state index < -0.39 is 0 Å². The molecule has 0 atom stereocenters. The molecule has 1 aliphatic rings. The fourth-order valence-electron chi connectivity index (χ4n) is 1.76. The molecule has 0 aliphatic carbocycles. The van der Waals surface area contributed by atoms with Crippen LogP contribution in [-0.2, 0) is 4.79 Å². The maximum Gasteiger partial charge on any atom is 0.267 e. The van der Waals surface area contributed by atoms with E-state index in [4.69, 9.17) is 10.5 Å². The first-order valence-electron chi connectivity index (χ1n) is 5.69. The van der Waals surface area contributed by atoms with Crippen molar-refractivity contribution in [2.75, 3.05) is 23.0 Å². The predicted octanol–water partition coefficient (Wildman–Crippen LogP) is 1.31. The van der Waals surface area contributed by atoms with Gasteiger partial charge in [0, 0.05) is 6.07 Å². The molecule has 20 heavy (non-hydrogen) atoms. The summed E-state index contributed by atoms with van der Waals surface area (Å²) >= 11 is 1.23. The van der Waals surface area contributed by atoms with E-state index in [2.05, 4.69) is 15.6 Å². The average molecular weight is 290 g/mol. The summed E-state index contributed by atoms with van der Waals surface area (Å²) in [5, 5.41) is 5.33.